The molecule has 0 unspecified atom stereocenters. The minimum Gasteiger partial charge on any atom is -0.349 e. The normalized spacial score (nSPS) is 11.0. The lowest BCUT2D eigenvalue weighted by Gasteiger charge is -2.08. The number of aromatic nitrogens is 2. The Kier molecular flexibility index (Phi) is 5.48. The molecule has 0 aliphatic rings. The van der Waals surface area contributed by atoms with E-state index in [9.17, 15) is 9.18 Å². The number of imidazole rings is 1. The van der Waals surface area contributed by atoms with E-state index in [0.29, 0.717) is 23.0 Å². The fourth-order valence-corrected chi connectivity index (χ4v) is 3.19. The van der Waals surface area contributed by atoms with E-state index in [1.54, 1.807) is 12.1 Å². The highest BCUT2D eigenvalue weighted by Gasteiger charge is 2.11. The fourth-order valence-electron chi connectivity index (χ4n) is 2.85. The van der Waals surface area contributed by atoms with Gasteiger partial charge in [-0.1, -0.05) is 34.1 Å². The summed E-state index contributed by atoms with van der Waals surface area (Å²) in [6, 6.07) is 12.8. The lowest BCUT2D eigenvalue weighted by atomic mass is 10.1. The molecule has 1 aromatic heterocycles. The number of carbonyl (C=O) groups is 1. The number of hydrogen-bond donors (Lipinski definition) is 1. The number of carbonyl (C=O) groups excluding carboxylic acids is 1. The van der Waals surface area contributed by atoms with E-state index in [1.807, 2.05) is 24.3 Å². The second-order valence-corrected chi connectivity index (χ2v) is 6.69. The maximum absolute atomic E-state index is 13.8. The minimum absolute atomic E-state index is 0.114. The van der Waals surface area contributed by atoms with Crippen LogP contribution in [-0.4, -0.2) is 15.5 Å². The summed E-state index contributed by atoms with van der Waals surface area (Å²) in [7, 11) is 0. The Labute approximate surface area is 154 Å². The third kappa shape index (κ3) is 4.07. The van der Waals surface area contributed by atoms with E-state index < -0.39 is 0 Å². The molecule has 3 rings (SSSR count). The van der Waals surface area contributed by atoms with E-state index in [1.165, 1.54) is 6.07 Å². The summed E-state index contributed by atoms with van der Waals surface area (Å²) in [6.07, 6.45) is 0.611. The number of amides is 1. The Balaban J connectivity index is 1.61. The van der Waals surface area contributed by atoms with Crippen molar-refractivity contribution < 1.29 is 9.18 Å². The van der Waals surface area contributed by atoms with Gasteiger partial charge < -0.3 is 9.88 Å². The second kappa shape index (κ2) is 7.78. The van der Waals surface area contributed by atoms with Crippen molar-refractivity contribution in [2.24, 2.45) is 0 Å². The summed E-state index contributed by atoms with van der Waals surface area (Å²) < 4.78 is 16.6. The van der Waals surface area contributed by atoms with Gasteiger partial charge in [-0.05, 0) is 43.2 Å². The molecule has 6 heteroatoms. The molecule has 0 atom stereocenters. The van der Waals surface area contributed by atoms with Crippen LogP contribution in [0.15, 0.2) is 46.9 Å². The van der Waals surface area contributed by atoms with Gasteiger partial charge >= 0.3 is 0 Å². The molecule has 0 saturated heterocycles. The van der Waals surface area contributed by atoms with Gasteiger partial charge in [-0.2, -0.15) is 0 Å². The standard InChI is InChI=1S/C19H19BrFN3O/c1-2-24-17-6-4-3-5-16(17)23-18(24)12-22-19(25)10-8-13-7-9-14(20)11-15(13)21/h3-7,9,11H,2,8,10,12H2,1H3,(H,22,25). The number of rotatable bonds is 6. The minimum atomic E-state index is -0.296. The molecule has 0 radical (unpaired) electrons. The lowest BCUT2D eigenvalue weighted by molar-refractivity contribution is -0.121. The Bertz CT molecular complexity index is 907. The van der Waals surface area contributed by atoms with Gasteiger partial charge in [-0.15, -0.1) is 0 Å². The zero-order valence-electron chi connectivity index (χ0n) is 13.9. The van der Waals surface area contributed by atoms with Crippen LogP contribution in [-0.2, 0) is 24.3 Å². The molecule has 3 aromatic rings. The van der Waals surface area contributed by atoms with Gasteiger partial charge in [0.1, 0.15) is 11.6 Å². The SMILES string of the molecule is CCn1c(CNC(=O)CCc2ccc(Br)cc2F)nc2ccccc21. The predicted molar refractivity (Wildman–Crippen MR) is 99.7 cm³/mol. The van der Waals surface area contributed by atoms with Gasteiger partial charge in [-0.3, -0.25) is 4.79 Å². The van der Waals surface area contributed by atoms with Gasteiger partial charge in [-0.25, -0.2) is 9.37 Å². The van der Waals surface area contributed by atoms with Crippen molar-refractivity contribution in [1.29, 1.82) is 0 Å². The molecule has 130 valence electrons. The van der Waals surface area contributed by atoms with Gasteiger partial charge in [0, 0.05) is 17.4 Å². The molecule has 4 nitrogen and oxygen atoms in total. The first-order valence-corrected chi connectivity index (χ1v) is 9.02. The zero-order valence-corrected chi connectivity index (χ0v) is 15.5. The first kappa shape index (κ1) is 17.6. The summed E-state index contributed by atoms with van der Waals surface area (Å²) in [5, 5.41) is 2.88. The topological polar surface area (TPSA) is 46.9 Å². The maximum Gasteiger partial charge on any atom is 0.220 e. The Morgan fingerprint density at radius 3 is 2.84 bits per heavy atom. The molecule has 1 amide bonds. The Morgan fingerprint density at radius 1 is 1.28 bits per heavy atom. The molecule has 0 aliphatic heterocycles. The number of hydrogen-bond acceptors (Lipinski definition) is 2. The largest absolute Gasteiger partial charge is 0.349 e. The molecule has 0 bridgehead atoms. The highest BCUT2D eigenvalue weighted by atomic mass is 79.9. The lowest BCUT2D eigenvalue weighted by Crippen LogP contribution is -2.25. The van der Waals surface area contributed by atoms with Crippen molar-refractivity contribution in [3.8, 4) is 0 Å². The van der Waals surface area contributed by atoms with Gasteiger partial charge in [0.15, 0.2) is 0 Å². The summed E-state index contributed by atoms with van der Waals surface area (Å²) in [4.78, 5) is 16.7. The average molecular weight is 404 g/mol. The number of para-hydroxylation sites is 2. The Morgan fingerprint density at radius 2 is 2.08 bits per heavy atom. The van der Waals surface area contributed by atoms with Crippen LogP contribution in [0.25, 0.3) is 11.0 Å². The molecule has 2 aromatic carbocycles. The number of fused-ring (bicyclic) bond motifs is 1. The van der Waals surface area contributed by atoms with Crippen molar-refractivity contribution in [2.45, 2.75) is 32.9 Å². The number of aryl methyl sites for hydroxylation is 2. The van der Waals surface area contributed by atoms with Crippen LogP contribution >= 0.6 is 15.9 Å². The van der Waals surface area contributed by atoms with E-state index in [-0.39, 0.29) is 18.1 Å². The van der Waals surface area contributed by atoms with Crippen molar-refractivity contribution >= 4 is 32.9 Å². The molecule has 0 aliphatic carbocycles. The highest BCUT2D eigenvalue weighted by Crippen LogP contribution is 2.17. The maximum atomic E-state index is 13.8. The molecular weight excluding hydrogens is 385 g/mol. The molecule has 1 heterocycles. The summed E-state index contributed by atoms with van der Waals surface area (Å²) in [6.45, 7) is 3.20. The number of halogens is 2. The molecule has 0 spiro atoms. The number of nitrogens with one attached hydrogen (secondary N) is 1. The zero-order chi connectivity index (χ0) is 17.8. The van der Waals surface area contributed by atoms with Crippen molar-refractivity contribution in [3.63, 3.8) is 0 Å². The van der Waals surface area contributed by atoms with Crippen LogP contribution in [0, 0.1) is 5.82 Å². The third-order valence-corrected chi connectivity index (χ3v) is 4.62. The summed E-state index contributed by atoms with van der Waals surface area (Å²) in [5.74, 6) is 0.416. The van der Waals surface area contributed by atoms with E-state index in [2.05, 4.69) is 37.7 Å². The fraction of sp³-hybridized carbons (Fsp3) is 0.263. The summed E-state index contributed by atoms with van der Waals surface area (Å²) in [5.41, 5.74) is 2.52. The van der Waals surface area contributed by atoms with Crippen LogP contribution in [0.3, 0.4) is 0 Å². The van der Waals surface area contributed by atoms with Crippen molar-refractivity contribution in [1.82, 2.24) is 14.9 Å². The van der Waals surface area contributed by atoms with Crippen molar-refractivity contribution in [3.05, 3.63) is 64.1 Å². The van der Waals surface area contributed by atoms with E-state index in [0.717, 1.165) is 23.4 Å². The van der Waals surface area contributed by atoms with Gasteiger partial charge in [0.05, 0.1) is 17.6 Å². The monoisotopic (exact) mass is 403 g/mol. The Hall–Kier alpha value is -2.21. The van der Waals surface area contributed by atoms with Crippen LogP contribution in [0.5, 0.6) is 0 Å². The highest BCUT2D eigenvalue weighted by molar-refractivity contribution is 9.10. The van der Waals surface area contributed by atoms with Gasteiger partial charge in [0.25, 0.3) is 0 Å². The van der Waals surface area contributed by atoms with Gasteiger partial charge in [0.2, 0.25) is 5.91 Å². The van der Waals surface area contributed by atoms with Crippen LogP contribution in [0.1, 0.15) is 24.7 Å². The van der Waals surface area contributed by atoms with Crippen LogP contribution in [0.2, 0.25) is 0 Å². The quantitative estimate of drug-likeness (QED) is 0.669. The number of nitrogens with zero attached hydrogens (tertiary/aromatic N) is 2. The smallest absolute Gasteiger partial charge is 0.220 e. The molecular formula is C19H19BrFN3O. The first-order chi connectivity index (χ1) is 12.1. The van der Waals surface area contributed by atoms with E-state index >= 15 is 0 Å². The molecule has 0 saturated carbocycles. The predicted octanol–water partition coefficient (Wildman–Crippen LogP) is 4.21. The van der Waals surface area contributed by atoms with Crippen molar-refractivity contribution in [2.75, 3.05) is 0 Å². The van der Waals surface area contributed by atoms with Crippen LogP contribution < -0.4 is 5.32 Å². The van der Waals surface area contributed by atoms with E-state index in [4.69, 9.17) is 0 Å². The second-order valence-electron chi connectivity index (χ2n) is 5.77. The molecule has 25 heavy (non-hydrogen) atoms. The molecule has 0 fully saturated rings. The number of benzene rings is 2. The third-order valence-electron chi connectivity index (χ3n) is 4.13. The average Bonchev–Trinajstić information content (AvgIpc) is 2.96. The van der Waals surface area contributed by atoms with Crippen LogP contribution in [0.4, 0.5) is 4.39 Å². The molecule has 1 N–H and O–H groups in total. The summed E-state index contributed by atoms with van der Waals surface area (Å²) >= 11 is 3.23. The first-order valence-electron chi connectivity index (χ1n) is 8.23.